The van der Waals surface area contributed by atoms with Crippen molar-refractivity contribution in [2.75, 3.05) is 19.7 Å². The van der Waals surface area contributed by atoms with E-state index in [-0.39, 0.29) is 12.5 Å². The molecular weight excluding hydrogens is 206 g/mol. The molecule has 0 aliphatic heterocycles. The molecule has 0 aromatic carbocycles. The highest BCUT2D eigenvalue weighted by atomic mass is 16.3. The van der Waals surface area contributed by atoms with Crippen LogP contribution in [0, 0.1) is 0 Å². The number of hydrogen-bond donors (Lipinski definition) is 3. The zero-order valence-electron chi connectivity index (χ0n) is 9.82. The van der Waals surface area contributed by atoms with Gasteiger partial charge in [-0.1, -0.05) is 12.8 Å². The van der Waals surface area contributed by atoms with Crippen LogP contribution in [0.25, 0.3) is 0 Å². The summed E-state index contributed by atoms with van der Waals surface area (Å²) in [6.07, 6.45) is 6.29. The topological polar surface area (TPSA) is 78.6 Å². The van der Waals surface area contributed by atoms with E-state index in [0.717, 1.165) is 19.5 Å². The Bertz CT molecular complexity index is 205. The van der Waals surface area contributed by atoms with E-state index in [1.54, 1.807) is 0 Å². The van der Waals surface area contributed by atoms with Gasteiger partial charge in [0.25, 0.3) is 0 Å². The van der Waals surface area contributed by atoms with Gasteiger partial charge in [0.15, 0.2) is 0 Å². The first kappa shape index (κ1) is 13.4. The Morgan fingerprint density at radius 3 is 2.62 bits per heavy atom. The van der Waals surface area contributed by atoms with Gasteiger partial charge >= 0.3 is 0 Å². The second-order valence-corrected chi connectivity index (χ2v) is 4.37. The van der Waals surface area contributed by atoms with Crippen LogP contribution in [-0.2, 0) is 4.79 Å². The maximum absolute atomic E-state index is 11.0. The molecule has 16 heavy (non-hydrogen) atoms. The largest absolute Gasteiger partial charge is 0.395 e. The first-order chi connectivity index (χ1) is 7.77. The predicted molar refractivity (Wildman–Crippen MR) is 62.5 cm³/mol. The smallest absolute Gasteiger partial charge is 0.233 e. The fourth-order valence-electron chi connectivity index (χ4n) is 2.39. The lowest BCUT2D eigenvalue weighted by Gasteiger charge is -2.27. The standard InChI is InChI=1S/C11H23N3O2/c12-13-11(16)6-3-7-14(8-9-15)10-4-1-2-5-10/h10,15H,1-9,12H2,(H,13,16). The molecule has 1 rings (SSSR count). The first-order valence-corrected chi connectivity index (χ1v) is 6.12. The van der Waals surface area contributed by atoms with Crippen molar-refractivity contribution in [2.24, 2.45) is 5.84 Å². The number of nitrogens with one attached hydrogen (secondary N) is 1. The lowest BCUT2D eigenvalue weighted by Crippen LogP contribution is -2.37. The van der Waals surface area contributed by atoms with Crippen LogP contribution >= 0.6 is 0 Å². The number of nitrogens with zero attached hydrogens (tertiary/aromatic N) is 1. The van der Waals surface area contributed by atoms with E-state index >= 15 is 0 Å². The Morgan fingerprint density at radius 2 is 2.06 bits per heavy atom. The summed E-state index contributed by atoms with van der Waals surface area (Å²) in [5.41, 5.74) is 2.13. The second-order valence-electron chi connectivity index (χ2n) is 4.37. The summed E-state index contributed by atoms with van der Waals surface area (Å²) >= 11 is 0. The molecule has 5 nitrogen and oxygen atoms in total. The molecule has 0 radical (unpaired) electrons. The molecule has 0 aromatic heterocycles. The Labute approximate surface area is 97.0 Å². The summed E-state index contributed by atoms with van der Waals surface area (Å²) in [6, 6.07) is 0.605. The molecule has 0 bridgehead atoms. The average Bonchev–Trinajstić information content (AvgIpc) is 2.81. The molecule has 1 saturated carbocycles. The van der Waals surface area contributed by atoms with Crippen molar-refractivity contribution in [1.29, 1.82) is 0 Å². The number of hydrogen-bond acceptors (Lipinski definition) is 4. The summed E-state index contributed by atoms with van der Waals surface area (Å²) in [6.45, 7) is 1.78. The minimum atomic E-state index is -0.115. The zero-order chi connectivity index (χ0) is 11.8. The molecule has 0 aromatic rings. The van der Waals surface area contributed by atoms with Crippen LogP contribution in [0.15, 0.2) is 0 Å². The molecule has 94 valence electrons. The highest BCUT2D eigenvalue weighted by Crippen LogP contribution is 2.23. The van der Waals surface area contributed by atoms with Crippen molar-refractivity contribution in [3.63, 3.8) is 0 Å². The van der Waals surface area contributed by atoms with E-state index in [9.17, 15) is 4.79 Å². The third kappa shape index (κ3) is 4.47. The molecule has 1 fully saturated rings. The molecule has 0 unspecified atom stereocenters. The Hall–Kier alpha value is -0.650. The minimum Gasteiger partial charge on any atom is -0.395 e. The van der Waals surface area contributed by atoms with Crippen LogP contribution < -0.4 is 11.3 Å². The van der Waals surface area contributed by atoms with Crippen molar-refractivity contribution < 1.29 is 9.90 Å². The van der Waals surface area contributed by atoms with E-state index < -0.39 is 0 Å². The van der Waals surface area contributed by atoms with Gasteiger partial charge in [0.1, 0.15) is 0 Å². The maximum atomic E-state index is 11.0. The number of amides is 1. The van der Waals surface area contributed by atoms with Crippen molar-refractivity contribution in [1.82, 2.24) is 10.3 Å². The third-order valence-corrected chi connectivity index (χ3v) is 3.24. The molecular formula is C11H23N3O2. The lowest BCUT2D eigenvalue weighted by atomic mass is 10.2. The van der Waals surface area contributed by atoms with Crippen molar-refractivity contribution >= 4 is 5.91 Å². The quantitative estimate of drug-likeness (QED) is 0.326. The molecule has 5 heteroatoms. The summed E-state index contributed by atoms with van der Waals surface area (Å²) in [5, 5.41) is 9.01. The molecule has 0 atom stereocenters. The van der Waals surface area contributed by atoms with E-state index in [0.29, 0.717) is 12.5 Å². The van der Waals surface area contributed by atoms with Gasteiger partial charge in [0.2, 0.25) is 5.91 Å². The highest BCUT2D eigenvalue weighted by Gasteiger charge is 2.21. The minimum absolute atomic E-state index is 0.115. The second kappa shape index (κ2) is 7.60. The molecule has 4 N–H and O–H groups in total. The molecule has 1 aliphatic rings. The number of carbonyl (C=O) groups is 1. The van der Waals surface area contributed by atoms with E-state index in [1.807, 2.05) is 0 Å². The molecule has 0 spiro atoms. The van der Waals surface area contributed by atoms with Crippen LogP contribution in [0.5, 0.6) is 0 Å². The van der Waals surface area contributed by atoms with Crippen molar-refractivity contribution in [2.45, 2.75) is 44.6 Å². The van der Waals surface area contributed by atoms with Crippen molar-refractivity contribution in [3.8, 4) is 0 Å². The van der Waals surface area contributed by atoms with Gasteiger partial charge in [0.05, 0.1) is 6.61 Å². The fraction of sp³-hybridized carbons (Fsp3) is 0.909. The number of aliphatic hydroxyl groups is 1. The lowest BCUT2D eigenvalue weighted by molar-refractivity contribution is -0.121. The van der Waals surface area contributed by atoms with Crippen molar-refractivity contribution in [3.05, 3.63) is 0 Å². The zero-order valence-corrected chi connectivity index (χ0v) is 9.82. The first-order valence-electron chi connectivity index (χ1n) is 6.12. The van der Waals surface area contributed by atoms with Gasteiger partial charge in [-0.2, -0.15) is 0 Å². The number of hydrazine groups is 1. The van der Waals surface area contributed by atoms with Gasteiger partial charge in [-0.05, 0) is 25.8 Å². The van der Waals surface area contributed by atoms with E-state index in [2.05, 4.69) is 10.3 Å². The summed E-state index contributed by atoms with van der Waals surface area (Å²) in [7, 11) is 0. The summed E-state index contributed by atoms with van der Waals surface area (Å²) < 4.78 is 0. The number of nitrogens with two attached hydrogens (primary N) is 1. The van der Waals surface area contributed by atoms with Crippen LogP contribution in [0.3, 0.4) is 0 Å². The van der Waals surface area contributed by atoms with Gasteiger partial charge < -0.3 is 5.11 Å². The van der Waals surface area contributed by atoms with Crippen LogP contribution in [0.4, 0.5) is 0 Å². The molecule has 1 amide bonds. The molecule has 0 heterocycles. The SMILES string of the molecule is NNC(=O)CCCN(CCO)C1CCCC1. The Kier molecular flexibility index (Phi) is 6.37. The monoisotopic (exact) mass is 229 g/mol. The Balaban J connectivity index is 2.24. The number of aliphatic hydroxyl groups excluding tert-OH is 1. The van der Waals surface area contributed by atoms with Crippen LogP contribution in [0.2, 0.25) is 0 Å². The highest BCUT2D eigenvalue weighted by molar-refractivity contribution is 5.75. The van der Waals surface area contributed by atoms with Crippen LogP contribution in [0.1, 0.15) is 38.5 Å². The third-order valence-electron chi connectivity index (χ3n) is 3.24. The number of carbonyl (C=O) groups excluding carboxylic acids is 1. The molecule has 1 aliphatic carbocycles. The maximum Gasteiger partial charge on any atom is 0.233 e. The summed E-state index contributed by atoms with van der Waals surface area (Å²) in [4.78, 5) is 13.3. The predicted octanol–water partition coefficient (Wildman–Crippen LogP) is -0.00660. The van der Waals surface area contributed by atoms with Gasteiger partial charge in [-0.25, -0.2) is 5.84 Å². The summed E-state index contributed by atoms with van der Waals surface area (Å²) in [5.74, 6) is 4.90. The molecule has 0 saturated heterocycles. The van der Waals surface area contributed by atoms with E-state index in [1.165, 1.54) is 25.7 Å². The Morgan fingerprint density at radius 1 is 1.38 bits per heavy atom. The normalized spacial score (nSPS) is 16.9. The fourth-order valence-corrected chi connectivity index (χ4v) is 2.39. The number of rotatable bonds is 7. The van der Waals surface area contributed by atoms with Gasteiger partial charge in [0, 0.05) is 19.0 Å². The van der Waals surface area contributed by atoms with Gasteiger partial charge in [-0.15, -0.1) is 0 Å². The average molecular weight is 229 g/mol. The van der Waals surface area contributed by atoms with Crippen LogP contribution in [-0.4, -0.2) is 41.7 Å². The van der Waals surface area contributed by atoms with E-state index in [4.69, 9.17) is 10.9 Å². The van der Waals surface area contributed by atoms with Gasteiger partial charge in [-0.3, -0.25) is 15.1 Å².